The van der Waals surface area contributed by atoms with Gasteiger partial charge < -0.3 is 20.1 Å². The third-order valence-electron chi connectivity index (χ3n) is 3.58. The summed E-state index contributed by atoms with van der Waals surface area (Å²) in [7, 11) is 0. The number of fused-ring (bicyclic) bond motifs is 1. The van der Waals surface area contributed by atoms with Gasteiger partial charge in [-0.2, -0.15) is 5.10 Å². The molecule has 3 heterocycles. The summed E-state index contributed by atoms with van der Waals surface area (Å²) in [6, 6.07) is 0. The molecular weight excluding hydrogens is 238 g/mol. The second kappa shape index (κ2) is 4.58. The number of aliphatic hydroxyl groups is 3. The lowest BCUT2D eigenvalue weighted by Gasteiger charge is -2.11. The highest BCUT2D eigenvalue weighted by atomic mass is 16.6. The molecule has 2 aliphatic heterocycles. The van der Waals surface area contributed by atoms with Gasteiger partial charge >= 0.3 is 0 Å². The first-order chi connectivity index (χ1) is 8.70. The normalized spacial score (nSPS) is 35.7. The van der Waals surface area contributed by atoms with Crippen LogP contribution < -0.4 is 0 Å². The second-order valence-corrected chi connectivity index (χ2v) is 4.83. The van der Waals surface area contributed by atoms with Gasteiger partial charge in [-0.1, -0.05) is 0 Å². The van der Waals surface area contributed by atoms with Gasteiger partial charge in [0.25, 0.3) is 0 Å². The molecule has 1 aromatic heterocycles. The second-order valence-electron chi connectivity index (χ2n) is 4.83. The van der Waals surface area contributed by atoms with Crippen LogP contribution in [0.4, 0.5) is 0 Å². The molecule has 0 spiro atoms. The fraction of sp³-hybridized carbons (Fsp3) is 0.818. The number of ether oxygens (including phenoxy) is 1. The zero-order valence-corrected chi connectivity index (χ0v) is 9.94. The predicted octanol–water partition coefficient (Wildman–Crippen LogP) is -1.23. The highest BCUT2D eigenvalue weighted by molar-refractivity contribution is 5.05. The maximum Gasteiger partial charge on any atom is 0.182 e. The summed E-state index contributed by atoms with van der Waals surface area (Å²) in [6.45, 7) is 0.499. The standard InChI is InChI=1S/C11H17N3O4/c15-5-6-8(16)9(17)10(18-6)11-12-7-3-1-2-4-14(7)13-11/h6,8-10,15-17H,1-5H2/t6-,8-,9-,10-/m1/s1. The van der Waals surface area contributed by atoms with E-state index in [0.717, 1.165) is 31.6 Å². The van der Waals surface area contributed by atoms with Gasteiger partial charge in [0.1, 0.15) is 30.2 Å². The van der Waals surface area contributed by atoms with E-state index < -0.39 is 24.4 Å². The first-order valence-electron chi connectivity index (χ1n) is 6.27. The Morgan fingerprint density at radius 3 is 2.78 bits per heavy atom. The predicted molar refractivity (Wildman–Crippen MR) is 59.7 cm³/mol. The molecule has 7 nitrogen and oxygen atoms in total. The number of aliphatic hydroxyl groups excluding tert-OH is 3. The molecule has 0 aromatic carbocycles. The topological polar surface area (TPSA) is 101 Å². The Balaban J connectivity index is 1.84. The van der Waals surface area contributed by atoms with Crippen LogP contribution >= 0.6 is 0 Å². The number of hydrogen-bond acceptors (Lipinski definition) is 6. The van der Waals surface area contributed by atoms with E-state index in [1.165, 1.54) is 0 Å². The van der Waals surface area contributed by atoms with Crippen LogP contribution in [-0.2, 0) is 17.7 Å². The van der Waals surface area contributed by atoms with Gasteiger partial charge in [0.2, 0.25) is 0 Å². The smallest absolute Gasteiger partial charge is 0.182 e. The molecule has 7 heteroatoms. The lowest BCUT2D eigenvalue weighted by Crippen LogP contribution is -2.32. The van der Waals surface area contributed by atoms with E-state index in [1.54, 1.807) is 0 Å². The molecule has 0 amide bonds. The van der Waals surface area contributed by atoms with E-state index in [2.05, 4.69) is 10.1 Å². The van der Waals surface area contributed by atoms with Gasteiger partial charge in [-0.25, -0.2) is 9.67 Å². The Morgan fingerprint density at radius 1 is 1.28 bits per heavy atom. The molecule has 1 saturated heterocycles. The average Bonchev–Trinajstić information content (AvgIpc) is 2.92. The molecule has 3 N–H and O–H groups in total. The molecule has 0 bridgehead atoms. The molecule has 18 heavy (non-hydrogen) atoms. The Bertz CT molecular complexity index is 412. The lowest BCUT2D eigenvalue weighted by molar-refractivity contribution is -0.0253. The molecule has 2 aliphatic rings. The molecule has 0 aliphatic carbocycles. The van der Waals surface area contributed by atoms with Gasteiger partial charge in [0.05, 0.1) is 6.61 Å². The third kappa shape index (κ3) is 1.83. The molecular formula is C11H17N3O4. The van der Waals surface area contributed by atoms with Crippen molar-refractivity contribution in [2.75, 3.05) is 6.61 Å². The minimum atomic E-state index is -1.10. The molecule has 100 valence electrons. The largest absolute Gasteiger partial charge is 0.394 e. The van der Waals surface area contributed by atoms with Crippen LogP contribution in [0.1, 0.15) is 30.6 Å². The maximum atomic E-state index is 9.90. The number of aromatic nitrogens is 3. The Morgan fingerprint density at radius 2 is 2.11 bits per heavy atom. The number of rotatable bonds is 2. The van der Waals surface area contributed by atoms with Crippen molar-refractivity contribution in [2.24, 2.45) is 0 Å². The fourth-order valence-electron chi connectivity index (χ4n) is 2.54. The van der Waals surface area contributed by atoms with E-state index >= 15 is 0 Å². The third-order valence-corrected chi connectivity index (χ3v) is 3.58. The quantitative estimate of drug-likeness (QED) is 0.611. The summed E-state index contributed by atoms with van der Waals surface area (Å²) >= 11 is 0. The Kier molecular flexibility index (Phi) is 3.06. The van der Waals surface area contributed by atoms with Crippen LogP contribution in [0.5, 0.6) is 0 Å². The molecule has 0 unspecified atom stereocenters. The van der Waals surface area contributed by atoms with Gasteiger partial charge in [-0.05, 0) is 12.8 Å². The van der Waals surface area contributed by atoms with Crippen molar-refractivity contribution in [1.82, 2.24) is 14.8 Å². The highest BCUT2D eigenvalue weighted by Crippen LogP contribution is 2.32. The molecule has 4 atom stereocenters. The van der Waals surface area contributed by atoms with Crippen molar-refractivity contribution in [2.45, 2.75) is 50.2 Å². The SMILES string of the molecule is OC[C@H]1O[C@@H](c2nc3n(n2)CCCC3)[C@H](O)[C@@H]1O. The van der Waals surface area contributed by atoms with Crippen molar-refractivity contribution in [1.29, 1.82) is 0 Å². The average molecular weight is 255 g/mol. The molecule has 1 fully saturated rings. The van der Waals surface area contributed by atoms with Crippen LogP contribution in [0, 0.1) is 0 Å². The van der Waals surface area contributed by atoms with Crippen LogP contribution in [-0.4, -0.2) is 55.0 Å². The van der Waals surface area contributed by atoms with Crippen LogP contribution in [0.3, 0.4) is 0 Å². The van der Waals surface area contributed by atoms with E-state index in [9.17, 15) is 10.2 Å². The number of aryl methyl sites for hydroxylation is 2. The fourth-order valence-corrected chi connectivity index (χ4v) is 2.54. The first kappa shape index (κ1) is 12.0. The van der Waals surface area contributed by atoms with Crippen molar-refractivity contribution in [3.63, 3.8) is 0 Å². The van der Waals surface area contributed by atoms with E-state index in [-0.39, 0.29) is 6.61 Å². The summed E-state index contributed by atoms with van der Waals surface area (Å²) in [5, 5.41) is 32.9. The van der Waals surface area contributed by atoms with Crippen LogP contribution in [0.25, 0.3) is 0 Å². The zero-order chi connectivity index (χ0) is 12.7. The van der Waals surface area contributed by atoms with Gasteiger partial charge in [-0.15, -0.1) is 0 Å². The minimum absolute atomic E-state index is 0.331. The van der Waals surface area contributed by atoms with Crippen molar-refractivity contribution in [3.8, 4) is 0 Å². The molecule has 1 aromatic rings. The maximum absolute atomic E-state index is 9.90. The summed E-state index contributed by atoms with van der Waals surface area (Å²) in [6.07, 6.45) is -0.672. The van der Waals surface area contributed by atoms with Crippen LogP contribution in [0.15, 0.2) is 0 Å². The Hall–Kier alpha value is -1.02. The summed E-state index contributed by atoms with van der Waals surface area (Å²) < 4.78 is 7.24. The number of hydrogen-bond donors (Lipinski definition) is 3. The molecule has 3 rings (SSSR count). The van der Waals surface area contributed by atoms with Gasteiger partial charge in [0, 0.05) is 13.0 Å². The van der Waals surface area contributed by atoms with Gasteiger partial charge in [0.15, 0.2) is 5.82 Å². The van der Waals surface area contributed by atoms with Crippen molar-refractivity contribution in [3.05, 3.63) is 11.6 Å². The van der Waals surface area contributed by atoms with E-state index in [0.29, 0.717) is 5.82 Å². The summed E-state index contributed by atoms with van der Waals surface area (Å²) in [5.74, 6) is 1.29. The monoisotopic (exact) mass is 255 g/mol. The highest BCUT2D eigenvalue weighted by Gasteiger charge is 2.45. The van der Waals surface area contributed by atoms with Gasteiger partial charge in [-0.3, -0.25) is 0 Å². The number of nitrogens with zero attached hydrogens (tertiary/aromatic N) is 3. The summed E-state index contributed by atoms with van der Waals surface area (Å²) in [5.41, 5.74) is 0. The summed E-state index contributed by atoms with van der Waals surface area (Å²) in [4.78, 5) is 4.36. The minimum Gasteiger partial charge on any atom is -0.394 e. The Labute approximate surface area is 104 Å². The van der Waals surface area contributed by atoms with Crippen molar-refractivity contribution >= 4 is 0 Å². The van der Waals surface area contributed by atoms with Crippen LogP contribution in [0.2, 0.25) is 0 Å². The van der Waals surface area contributed by atoms with E-state index in [1.807, 2.05) is 4.68 Å². The first-order valence-corrected chi connectivity index (χ1v) is 6.27. The zero-order valence-electron chi connectivity index (χ0n) is 9.94. The van der Waals surface area contributed by atoms with Crippen molar-refractivity contribution < 1.29 is 20.1 Å². The lowest BCUT2D eigenvalue weighted by atomic mass is 10.1. The molecule has 0 radical (unpaired) electrons. The molecule has 0 saturated carbocycles. The van der Waals surface area contributed by atoms with E-state index in [4.69, 9.17) is 9.84 Å².